The van der Waals surface area contributed by atoms with E-state index < -0.39 is 0 Å². The van der Waals surface area contributed by atoms with E-state index in [9.17, 15) is 9.90 Å². The van der Waals surface area contributed by atoms with Gasteiger partial charge in [0.05, 0.1) is 19.1 Å². The second kappa shape index (κ2) is 13.0. The first-order valence-electron chi connectivity index (χ1n) is 13.6. The fourth-order valence-corrected chi connectivity index (χ4v) is 4.88. The first-order chi connectivity index (χ1) is 18.7. The van der Waals surface area contributed by atoms with E-state index in [4.69, 9.17) is 9.47 Å². The molecule has 39 heavy (non-hydrogen) atoms. The van der Waals surface area contributed by atoms with Crippen molar-refractivity contribution in [1.82, 2.24) is 9.80 Å². The number of anilines is 1. The monoisotopic (exact) mass is 531 g/mol. The first kappa shape index (κ1) is 28.5. The molecule has 7 heteroatoms. The Labute approximate surface area is 232 Å². The summed E-state index contributed by atoms with van der Waals surface area (Å²) in [6.07, 6.45) is 0.104. The molecule has 0 aliphatic carbocycles. The minimum absolute atomic E-state index is 0.0102. The van der Waals surface area contributed by atoms with Crippen LogP contribution in [0.2, 0.25) is 0 Å². The molecule has 0 radical (unpaired) electrons. The highest BCUT2D eigenvalue weighted by Crippen LogP contribution is 2.30. The molecule has 208 valence electrons. The van der Waals surface area contributed by atoms with E-state index in [1.165, 1.54) is 5.56 Å². The molecule has 3 aromatic carbocycles. The van der Waals surface area contributed by atoms with Crippen LogP contribution >= 0.6 is 0 Å². The number of carbonyl (C=O) groups is 1. The van der Waals surface area contributed by atoms with E-state index in [1.54, 1.807) is 0 Å². The van der Waals surface area contributed by atoms with Crippen LogP contribution in [0.1, 0.15) is 25.0 Å². The van der Waals surface area contributed by atoms with E-state index in [2.05, 4.69) is 31.0 Å². The summed E-state index contributed by atoms with van der Waals surface area (Å²) in [5.74, 6) is 2.44. The number of aliphatic hydroxyl groups is 1. The van der Waals surface area contributed by atoms with Crippen molar-refractivity contribution in [1.29, 1.82) is 0 Å². The van der Waals surface area contributed by atoms with Gasteiger partial charge in [-0.2, -0.15) is 0 Å². The number of likely N-dealkylation sites (N-methyl/N-ethyl adjacent to an activating group) is 1. The van der Waals surface area contributed by atoms with Crippen molar-refractivity contribution in [3.05, 3.63) is 83.9 Å². The fourth-order valence-electron chi connectivity index (χ4n) is 4.88. The molecule has 0 saturated heterocycles. The molecule has 0 spiro atoms. The number of amides is 1. The maximum Gasteiger partial charge on any atom is 0.227 e. The molecule has 4 rings (SSSR count). The van der Waals surface area contributed by atoms with Crippen molar-refractivity contribution >= 4 is 11.6 Å². The van der Waals surface area contributed by atoms with Crippen molar-refractivity contribution in [3.8, 4) is 17.2 Å². The quantitative estimate of drug-likeness (QED) is 0.427. The lowest BCUT2D eigenvalue weighted by Crippen LogP contribution is -2.47. The van der Waals surface area contributed by atoms with Crippen LogP contribution in [0.3, 0.4) is 0 Å². The van der Waals surface area contributed by atoms with Crippen molar-refractivity contribution in [3.63, 3.8) is 0 Å². The van der Waals surface area contributed by atoms with Crippen LogP contribution in [0.5, 0.6) is 17.2 Å². The van der Waals surface area contributed by atoms with Crippen LogP contribution in [-0.2, 0) is 17.8 Å². The number of ether oxygens (including phenoxy) is 2. The number of rotatable bonds is 9. The Hall–Kier alpha value is -3.55. The summed E-state index contributed by atoms with van der Waals surface area (Å²) in [5, 5.41) is 9.86. The van der Waals surface area contributed by atoms with Crippen LogP contribution in [0.25, 0.3) is 0 Å². The third kappa shape index (κ3) is 7.52. The lowest BCUT2D eigenvalue weighted by Gasteiger charge is -2.34. The molecule has 3 atom stereocenters. The fraction of sp³-hybridized carbons (Fsp3) is 0.406. The van der Waals surface area contributed by atoms with E-state index in [0.717, 1.165) is 35.0 Å². The highest BCUT2D eigenvalue weighted by Gasteiger charge is 2.31. The van der Waals surface area contributed by atoms with Crippen LogP contribution in [0.15, 0.2) is 72.8 Å². The predicted octanol–water partition coefficient (Wildman–Crippen LogP) is 4.83. The minimum Gasteiger partial charge on any atom is -0.488 e. The molecule has 7 nitrogen and oxygen atoms in total. The second-order valence-corrected chi connectivity index (χ2v) is 10.8. The average Bonchev–Trinajstić information content (AvgIpc) is 2.97. The number of hydrogen-bond acceptors (Lipinski definition) is 6. The largest absolute Gasteiger partial charge is 0.488 e. The van der Waals surface area contributed by atoms with Crippen LogP contribution in [0.4, 0.5) is 5.69 Å². The van der Waals surface area contributed by atoms with Gasteiger partial charge in [-0.3, -0.25) is 9.69 Å². The van der Waals surface area contributed by atoms with Crippen LogP contribution in [-0.4, -0.2) is 73.8 Å². The van der Waals surface area contributed by atoms with Gasteiger partial charge in [0.1, 0.15) is 23.4 Å². The predicted molar refractivity (Wildman–Crippen MR) is 156 cm³/mol. The normalized spacial score (nSPS) is 18.4. The number of aliphatic hydroxyl groups excluding tert-OH is 1. The Morgan fingerprint density at radius 3 is 2.38 bits per heavy atom. The van der Waals surface area contributed by atoms with Crippen LogP contribution in [0, 0.1) is 5.92 Å². The number of fused-ring (bicyclic) bond motifs is 1. The molecule has 3 aromatic rings. The van der Waals surface area contributed by atoms with Gasteiger partial charge in [-0.1, -0.05) is 37.3 Å². The molecule has 0 unspecified atom stereocenters. The summed E-state index contributed by atoms with van der Waals surface area (Å²) in [4.78, 5) is 19.4. The molecular formula is C32H41N3O4. The Morgan fingerprint density at radius 2 is 1.72 bits per heavy atom. The number of nitrogens with zero attached hydrogens (tertiary/aromatic N) is 3. The summed E-state index contributed by atoms with van der Waals surface area (Å²) in [7, 11) is 6.06. The van der Waals surface area contributed by atoms with Gasteiger partial charge in [-0.05, 0) is 62.0 Å². The minimum atomic E-state index is -0.256. The van der Waals surface area contributed by atoms with E-state index >= 15 is 0 Å². The van der Waals surface area contributed by atoms with Gasteiger partial charge in [0.2, 0.25) is 5.91 Å². The lowest BCUT2D eigenvalue weighted by atomic mass is 10.0. The summed E-state index contributed by atoms with van der Waals surface area (Å²) in [6, 6.07) is 23.7. The van der Waals surface area contributed by atoms with Gasteiger partial charge in [0.25, 0.3) is 0 Å². The maximum atomic E-state index is 13.3. The molecule has 1 N–H and O–H groups in total. The SMILES string of the molecule is C[C@@H]1CN([C@H](C)CO)C(=O)Cc2cc(N(C)C)ccc2O[C@@H]1CN(C)Cc1ccc(Oc2ccccc2)cc1. The molecule has 1 amide bonds. The Morgan fingerprint density at radius 1 is 1.03 bits per heavy atom. The molecule has 1 aliphatic heterocycles. The van der Waals surface area contributed by atoms with Crippen molar-refractivity contribution in [2.75, 3.05) is 45.7 Å². The highest BCUT2D eigenvalue weighted by atomic mass is 16.5. The zero-order chi connectivity index (χ0) is 27.9. The topological polar surface area (TPSA) is 65.5 Å². The van der Waals surface area contributed by atoms with Crippen LogP contribution < -0.4 is 14.4 Å². The third-order valence-electron chi connectivity index (χ3n) is 7.26. The maximum absolute atomic E-state index is 13.3. The molecule has 0 saturated carbocycles. The Bertz CT molecular complexity index is 1220. The van der Waals surface area contributed by atoms with E-state index in [0.29, 0.717) is 13.1 Å². The van der Waals surface area contributed by atoms with Crippen molar-refractivity contribution in [2.24, 2.45) is 5.92 Å². The molecule has 0 aromatic heterocycles. The first-order valence-corrected chi connectivity index (χ1v) is 13.6. The Kier molecular flexibility index (Phi) is 9.49. The number of para-hydroxylation sites is 1. The number of carbonyl (C=O) groups excluding carboxylic acids is 1. The zero-order valence-corrected chi connectivity index (χ0v) is 23.7. The zero-order valence-electron chi connectivity index (χ0n) is 23.7. The standard InChI is InChI=1S/C32H41N3O4/c1-23-19-35(24(2)22-36)32(37)18-26-17-27(33(3)4)13-16-30(26)39-31(23)21-34(5)20-25-11-14-29(15-12-25)38-28-9-7-6-8-10-28/h6-17,23-24,31,36H,18-22H2,1-5H3/t23-,24-,31-/m1/s1. The van der Waals surface area contributed by atoms with Gasteiger partial charge < -0.3 is 24.4 Å². The summed E-state index contributed by atoms with van der Waals surface area (Å²) in [5.41, 5.74) is 3.07. The van der Waals surface area contributed by atoms with Gasteiger partial charge in [-0.15, -0.1) is 0 Å². The molecule has 1 aliphatic rings. The molecular weight excluding hydrogens is 490 g/mol. The molecule has 0 fully saturated rings. The highest BCUT2D eigenvalue weighted by molar-refractivity contribution is 5.80. The van der Waals surface area contributed by atoms with E-state index in [1.807, 2.05) is 91.5 Å². The number of hydrogen-bond donors (Lipinski definition) is 1. The smallest absolute Gasteiger partial charge is 0.227 e. The van der Waals surface area contributed by atoms with Crippen molar-refractivity contribution < 1.29 is 19.4 Å². The number of benzene rings is 3. The molecule has 0 bridgehead atoms. The Balaban J connectivity index is 1.50. The lowest BCUT2D eigenvalue weighted by molar-refractivity contribution is -0.134. The summed E-state index contributed by atoms with van der Waals surface area (Å²) in [6.45, 7) is 5.91. The van der Waals surface area contributed by atoms with Gasteiger partial charge in [0.15, 0.2) is 0 Å². The van der Waals surface area contributed by atoms with Gasteiger partial charge in [0, 0.05) is 50.9 Å². The average molecular weight is 532 g/mol. The van der Waals surface area contributed by atoms with Gasteiger partial charge in [-0.25, -0.2) is 0 Å². The van der Waals surface area contributed by atoms with Gasteiger partial charge >= 0.3 is 0 Å². The third-order valence-corrected chi connectivity index (χ3v) is 7.26. The van der Waals surface area contributed by atoms with Crippen molar-refractivity contribution in [2.45, 2.75) is 39.0 Å². The summed E-state index contributed by atoms with van der Waals surface area (Å²) < 4.78 is 12.6. The molecule has 1 heterocycles. The summed E-state index contributed by atoms with van der Waals surface area (Å²) >= 11 is 0. The second-order valence-electron chi connectivity index (χ2n) is 10.8. The van der Waals surface area contributed by atoms with E-state index in [-0.39, 0.29) is 37.0 Å².